The van der Waals surface area contributed by atoms with Gasteiger partial charge in [-0.15, -0.1) is 0 Å². The molecule has 2 fully saturated rings. The number of amides is 1. The summed E-state index contributed by atoms with van der Waals surface area (Å²) in [7, 11) is 0. The molecular weight excluding hydrogens is 346 g/mol. The largest absolute Gasteiger partial charge is 0.369 e. The molecule has 27 heavy (non-hydrogen) atoms. The maximum atomic E-state index is 12.7. The molecule has 142 valence electrons. The molecule has 0 unspecified atom stereocenters. The predicted octanol–water partition coefficient (Wildman–Crippen LogP) is 2.32. The molecule has 0 bridgehead atoms. The van der Waals surface area contributed by atoms with Crippen LogP contribution in [-0.2, 0) is 16.1 Å². The second-order valence-electron chi connectivity index (χ2n) is 7.53. The zero-order chi connectivity index (χ0) is 18.3. The van der Waals surface area contributed by atoms with E-state index in [9.17, 15) is 4.79 Å². The molecule has 0 radical (unpaired) electrons. The van der Waals surface area contributed by atoms with Crippen LogP contribution < -0.4 is 10.6 Å². The zero-order valence-electron chi connectivity index (χ0n) is 15.1. The van der Waals surface area contributed by atoms with Crippen molar-refractivity contribution in [3.8, 4) is 0 Å². The van der Waals surface area contributed by atoms with E-state index in [0.29, 0.717) is 18.3 Å². The molecule has 3 aliphatic rings. The van der Waals surface area contributed by atoms with E-state index in [4.69, 9.17) is 9.26 Å². The first-order valence-electron chi connectivity index (χ1n) is 9.57. The van der Waals surface area contributed by atoms with Gasteiger partial charge in [-0.2, -0.15) is 4.98 Å². The quantitative estimate of drug-likeness (QED) is 0.858. The molecule has 2 N–H and O–H groups in total. The number of piperidine rings is 1. The maximum absolute atomic E-state index is 12.7. The lowest BCUT2D eigenvalue weighted by molar-refractivity contribution is -0.122. The third-order valence-corrected chi connectivity index (χ3v) is 5.75. The number of rotatable bonds is 3. The number of hydrogen-bond donors (Lipinski definition) is 2. The number of hydrogen-bond acceptors (Lipinski definition) is 7. The van der Waals surface area contributed by atoms with Gasteiger partial charge in [-0.25, -0.2) is 0 Å². The Morgan fingerprint density at radius 1 is 1.22 bits per heavy atom. The Balaban J connectivity index is 1.22. The molecule has 4 heterocycles. The minimum Gasteiger partial charge on any atom is -0.369 e. The number of ether oxygens (including phenoxy) is 1. The van der Waals surface area contributed by atoms with E-state index >= 15 is 0 Å². The van der Waals surface area contributed by atoms with Crippen LogP contribution in [0.15, 0.2) is 28.8 Å². The molecule has 8 heteroatoms. The summed E-state index contributed by atoms with van der Waals surface area (Å²) < 4.78 is 11.0. The SMILES string of the molecule is O=C1Nc2ccccc2NC12CCN(Cc1noc([C@H]3CCCO3)n1)CC2. The van der Waals surface area contributed by atoms with E-state index in [1.165, 1.54) is 0 Å². The van der Waals surface area contributed by atoms with E-state index < -0.39 is 5.54 Å². The molecule has 3 aliphatic heterocycles. The number of carbonyl (C=O) groups is 1. The van der Waals surface area contributed by atoms with Crippen LogP contribution in [0.2, 0.25) is 0 Å². The van der Waals surface area contributed by atoms with Crippen LogP contribution in [0.3, 0.4) is 0 Å². The topological polar surface area (TPSA) is 92.5 Å². The molecule has 1 aromatic heterocycles. The minimum absolute atomic E-state index is 0.0499. The molecule has 5 rings (SSSR count). The van der Waals surface area contributed by atoms with Gasteiger partial charge in [0.05, 0.1) is 17.9 Å². The van der Waals surface area contributed by atoms with Gasteiger partial charge in [0.1, 0.15) is 11.6 Å². The van der Waals surface area contributed by atoms with Gasteiger partial charge in [-0.1, -0.05) is 17.3 Å². The highest BCUT2D eigenvalue weighted by molar-refractivity contribution is 6.06. The molecular formula is C19H23N5O3. The van der Waals surface area contributed by atoms with Crippen molar-refractivity contribution in [1.29, 1.82) is 0 Å². The van der Waals surface area contributed by atoms with Gasteiger partial charge >= 0.3 is 0 Å². The van der Waals surface area contributed by atoms with E-state index in [1.54, 1.807) is 0 Å². The van der Waals surface area contributed by atoms with Gasteiger partial charge in [0, 0.05) is 19.7 Å². The molecule has 0 saturated carbocycles. The first-order valence-corrected chi connectivity index (χ1v) is 9.57. The average molecular weight is 369 g/mol. The van der Waals surface area contributed by atoms with Gasteiger partial charge in [-0.05, 0) is 37.8 Å². The first-order chi connectivity index (χ1) is 13.2. The Morgan fingerprint density at radius 3 is 2.81 bits per heavy atom. The van der Waals surface area contributed by atoms with Crippen LogP contribution in [0.4, 0.5) is 11.4 Å². The molecule has 1 amide bonds. The summed E-state index contributed by atoms with van der Waals surface area (Å²) in [5.41, 5.74) is 1.30. The van der Waals surface area contributed by atoms with Crippen LogP contribution in [-0.4, -0.2) is 46.2 Å². The van der Waals surface area contributed by atoms with Crippen molar-refractivity contribution in [2.45, 2.75) is 43.9 Å². The lowest BCUT2D eigenvalue weighted by Crippen LogP contribution is -2.58. The summed E-state index contributed by atoms with van der Waals surface area (Å²) in [5.74, 6) is 1.32. The fourth-order valence-corrected chi connectivity index (χ4v) is 4.14. The number of para-hydroxylation sites is 2. The van der Waals surface area contributed by atoms with Crippen molar-refractivity contribution in [2.24, 2.45) is 0 Å². The highest BCUT2D eigenvalue weighted by Gasteiger charge is 2.44. The van der Waals surface area contributed by atoms with Gasteiger partial charge < -0.3 is 19.9 Å². The summed E-state index contributed by atoms with van der Waals surface area (Å²) in [6, 6.07) is 7.84. The third kappa shape index (κ3) is 3.08. The number of nitrogens with one attached hydrogen (secondary N) is 2. The highest BCUT2D eigenvalue weighted by atomic mass is 16.5. The van der Waals surface area contributed by atoms with Crippen LogP contribution in [0.5, 0.6) is 0 Å². The summed E-state index contributed by atoms with van der Waals surface area (Å²) in [6.45, 7) is 2.98. The van der Waals surface area contributed by atoms with Crippen molar-refractivity contribution >= 4 is 17.3 Å². The summed E-state index contributed by atoms with van der Waals surface area (Å²) in [5, 5.41) is 10.6. The van der Waals surface area contributed by atoms with E-state index in [2.05, 4.69) is 25.7 Å². The molecule has 1 aromatic carbocycles. The first kappa shape index (κ1) is 16.7. The maximum Gasteiger partial charge on any atom is 0.255 e. The van der Waals surface area contributed by atoms with Crippen molar-refractivity contribution in [2.75, 3.05) is 30.3 Å². The Hall–Kier alpha value is -2.45. The van der Waals surface area contributed by atoms with E-state index in [0.717, 1.165) is 56.8 Å². The lowest BCUT2D eigenvalue weighted by Gasteiger charge is -2.44. The van der Waals surface area contributed by atoms with Crippen LogP contribution in [0, 0.1) is 0 Å². The molecule has 8 nitrogen and oxygen atoms in total. The molecule has 0 aliphatic carbocycles. The average Bonchev–Trinajstić information content (AvgIpc) is 3.36. The normalized spacial score (nSPS) is 24.4. The number of fused-ring (bicyclic) bond motifs is 1. The number of anilines is 2. The van der Waals surface area contributed by atoms with Crippen LogP contribution >= 0.6 is 0 Å². The molecule has 2 aromatic rings. The van der Waals surface area contributed by atoms with Crippen LogP contribution in [0.25, 0.3) is 0 Å². The van der Waals surface area contributed by atoms with Crippen molar-refractivity contribution in [1.82, 2.24) is 15.0 Å². The molecule has 1 atom stereocenters. The highest BCUT2D eigenvalue weighted by Crippen LogP contribution is 2.36. The fourth-order valence-electron chi connectivity index (χ4n) is 4.14. The number of nitrogens with zero attached hydrogens (tertiary/aromatic N) is 3. The van der Waals surface area contributed by atoms with E-state index in [1.807, 2.05) is 24.3 Å². The van der Waals surface area contributed by atoms with Crippen molar-refractivity contribution in [3.05, 3.63) is 36.0 Å². The van der Waals surface area contributed by atoms with Gasteiger partial charge in [0.25, 0.3) is 5.89 Å². The van der Waals surface area contributed by atoms with E-state index in [-0.39, 0.29) is 12.0 Å². The second-order valence-corrected chi connectivity index (χ2v) is 7.53. The zero-order valence-corrected chi connectivity index (χ0v) is 15.1. The van der Waals surface area contributed by atoms with Gasteiger partial charge in [0.15, 0.2) is 5.82 Å². The number of benzene rings is 1. The third-order valence-electron chi connectivity index (χ3n) is 5.75. The summed E-state index contributed by atoms with van der Waals surface area (Å²) in [6.07, 6.45) is 3.41. The van der Waals surface area contributed by atoms with Crippen molar-refractivity contribution < 1.29 is 14.1 Å². The molecule has 1 spiro atoms. The Labute approximate surface area is 157 Å². The fraction of sp³-hybridized carbons (Fsp3) is 0.526. The summed E-state index contributed by atoms with van der Waals surface area (Å²) >= 11 is 0. The standard InChI is InChI=1S/C19H23N5O3/c25-18-19(22-14-5-2-1-4-13(14)20-18)7-9-24(10-8-19)12-16-21-17(27-23-16)15-6-3-11-26-15/h1-2,4-5,15,22H,3,6-12H2,(H,20,25)/t15-/m1/s1. The number of likely N-dealkylation sites (tertiary alicyclic amines) is 1. The second kappa shape index (κ2) is 6.61. The smallest absolute Gasteiger partial charge is 0.255 e. The van der Waals surface area contributed by atoms with Gasteiger partial charge in [-0.3, -0.25) is 9.69 Å². The van der Waals surface area contributed by atoms with Crippen molar-refractivity contribution in [3.63, 3.8) is 0 Å². The Bertz CT molecular complexity index is 837. The monoisotopic (exact) mass is 369 g/mol. The lowest BCUT2D eigenvalue weighted by atomic mass is 9.84. The Kier molecular flexibility index (Phi) is 4.09. The number of carbonyl (C=O) groups excluding carboxylic acids is 1. The predicted molar refractivity (Wildman–Crippen MR) is 98.2 cm³/mol. The summed E-state index contributed by atoms with van der Waals surface area (Å²) in [4.78, 5) is 19.5. The van der Waals surface area contributed by atoms with Gasteiger partial charge in [0.2, 0.25) is 5.91 Å². The Morgan fingerprint density at radius 2 is 2.04 bits per heavy atom. The molecule has 2 saturated heterocycles. The number of aromatic nitrogens is 2. The van der Waals surface area contributed by atoms with Crippen LogP contribution in [0.1, 0.15) is 43.5 Å². The minimum atomic E-state index is -0.537.